The van der Waals surface area contributed by atoms with Crippen molar-refractivity contribution in [3.63, 3.8) is 0 Å². The lowest BCUT2D eigenvalue weighted by molar-refractivity contribution is -0.150. The van der Waals surface area contributed by atoms with Gasteiger partial charge in [0.05, 0.1) is 7.11 Å². The van der Waals surface area contributed by atoms with Gasteiger partial charge >= 0.3 is 11.9 Å². The molecule has 1 atom stereocenters. The first-order chi connectivity index (χ1) is 12.0. The van der Waals surface area contributed by atoms with E-state index >= 15 is 0 Å². The highest BCUT2D eigenvalue weighted by Crippen LogP contribution is 2.26. The van der Waals surface area contributed by atoms with Gasteiger partial charge in [-0.3, -0.25) is 4.79 Å². The molecule has 0 fully saturated rings. The van der Waals surface area contributed by atoms with Crippen LogP contribution in [-0.2, 0) is 30.4 Å². The summed E-state index contributed by atoms with van der Waals surface area (Å²) in [7, 11) is 1.31. The molecule has 0 N–H and O–H groups in total. The summed E-state index contributed by atoms with van der Waals surface area (Å²) in [6.45, 7) is 5.42. The average molecular weight is 340 g/mol. The Morgan fingerprint density at radius 3 is 2.44 bits per heavy atom. The molecule has 0 aliphatic heterocycles. The van der Waals surface area contributed by atoms with E-state index in [4.69, 9.17) is 14.2 Å². The lowest BCUT2D eigenvalue weighted by Crippen LogP contribution is -2.17. The number of carbonyl (C=O) groups is 2. The zero-order chi connectivity index (χ0) is 18.2. The monoisotopic (exact) mass is 340 g/mol. The highest BCUT2D eigenvalue weighted by molar-refractivity contribution is 5.77. The second-order valence-electron chi connectivity index (χ2n) is 5.34. The van der Waals surface area contributed by atoms with E-state index in [1.165, 1.54) is 14.0 Å². The zero-order valence-corrected chi connectivity index (χ0v) is 14.2. The van der Waals surface area contributed by atoms with Gasteiger partial charge in [-0.05, 0) is 11.6 Å². The second-order valence-corrected chi connectivity index (χ2v) is 5.34. The second kappa shape index (κ2) is 8.68. The van der Waals surface area contributed by atoms with Crippen LogP contribution >= 0.6 is 0 Å². The Morgan fingerprint density at radius 1 is 1.08 bits per heavy atom. The topological polar surface area (TPSA) is 61.8 Å². The van der Waals surface area contributed by atoms with Crippen molar-refractivity contribution in [2.45, 2.75) is 19.6 Å². The van der Waals surface area contributed by atoms with Gasteiger partial charge in [-0.2, -0.15) is 0 Å². The number of hydrogen-bond donors (Lipinski definition) is 0. The van der Waals surface area contributed by atoms with Crippen LogP contribution in [0.2, 0.25) is 0 Å². The van der Waals surface area contributed by atoms with Gasteiger partial charge in [0, 0.05) is 18.1 Å². The highest BCUT2D eigenvalue weighted by atomic mass is 16.6. The van der Waals surface area contributed by atoms with Gasteiger partial charge in [-0.25, -0.2) is 4.79 Å². The van der Waals surface area contributed by atoms with Crippen LogP contribution in [0.3, 0.4) is 0 Å². The maximum Gasteiger partial charge on any atom is 0.351 e. The zero-order valence-electron chi connectivity index (χ0n) is 14.2. The molecule has 0 aromatic heterocycles. The molecule has 0 saturated carbocycles. The van der Waals surface area contributed by atoms with Crippen molar-refractivity contribution in [1.82, 2.24) is 0 Å². The Morgan fingerprint density at radius 2 is 1.80 bits per heavy atom. The van der Waals surface area contributed by atoms with Crippen molar-refractivity contribution < 1.29 is 23.8 Å². The highest BCUT2D eigenvalue weighted by Gasteiger charge is 2.24. The van der Waals surface area contributed by atoms with Crippen molar-refractivity contribution in [2.75, 3.05) is 7.11 Å². The van der Waals surface area contributed by atoms with Crippen molar-refractivity contribution in [3.8, 4) is 0 Å². The van der Waals surface area contributed by atoms with Crippen LogP contribution in [0.4, 0.5) is 0 Å². The third-order valence-corrected chi connectivity index (χ3v) is 3.47. The Hall–Kier alpha value is -3.08. The predicted molar refractivity (Wildman–Crippen MR) is 93.2 cm³/mol. The van der Waals surface area contributed by atoms with E-state index in [1.54, 1.807) is 30.3 Å². The fraction of sp³-hybridized carbons (Fsp3) is 0.200. The van der Waals surface area contributed by atoms with Gasteiger partial charge in [-0.1, -0.05) is 55.1 Å². The molecule has 0 aliphatic carbocycles. The molecule has 0 bridgehead atoms. The van der Waals surface area contributed by atoms with Crippen LogP contribution in [0.25, 0.3) is 5.76 Å². The first-order valence-electron chi connectivity index (χ1n) is 7.72. The third-order valence-electron chi connectivity index (χ3n) is 3.47. The van der Waals surface area contributed by atoms with Crippen molar-refractivity contribution >= 4 is 17.7 Å². The van der Waals surface area contributed by atoms with Crippen LogP contribution < -0.4 is 0 Å². The molecule has 0 spiro atoms. The minimum Gasteiger partial charge on any atom is -0.474 e. The summed E-state index contributed by atoms with van der Waals surface area (Å²) in [6, 6.07) is 16.3. The lowest BCUT2D eigenvalue weighted by Gasteiger charge is -2.19. The molecule has 1 unspecified atom stereocenters. The molecule has 25 heavy (non-hydrogen) atoms. The normalized spacial score (nSPS) is 11.3. The van der Waals surface area contributed by atoms with E-state index in [2.05, 4.69) is 6.58 Å². The Kier molecular flexibility index (Phi) is 6.34. The van der Waals surface area contributed by atoms with Crippen molar-refractivity contribution in [1.29, 1.82) is 0 Å². The summed E-state index contributed by atoms with van der Waals surface area (Å²) in [5.41, 5.74) is 2.16. The molecule has 5 nitrogen and oxygen atoms in total. The minimum atomic E-state index is -0.907. The van der Waals surface area contributed by atoms with Gasteiger partial charge < -0.3 is 14.2 Å². The van der Waals surface area contributed by atoms with Gasteiger partial charge in [0.1, 0.15) is 12.4 Å². The molecule has 0 amide bonds. The maximum absolute atomic E-state index is 12.1. The molecule has 0 heterocycles. The molecular weight excluding hydrogens is 320 g/mol. The molecular formula is C20H20O5. The summed E-state index contributed by atoms with van der Waals surface area (Å²) in [4.78, 5) is 23.0. The number of benzene rings is 2. The smallest absolute Gasteiger partial charge is 0.351 e. The SMILES string of the molecule is C=C(OC(C(=O)OC)c1ccccc1)c1cccc(COC(C)=O)c1. The number of methoxy groups -OCH3 is 1. The van der Waals surface area contributed by atoms with E-state index in [9.17, 15) is 9.59 Å². The van der Waals surface area contributed by atoms with Gasteiger partial charge in [-0.15, -0.1) is 0 Å². The molecule has 2 rings (SSSR count). The first-order valence-corrected chi connectivity index (χ1v) is 7.72. The van der Waals surface area contributed by atoms with E-state index in [0.29, 0.717) is 16.9 Å². The van der Waals surface area contributed by atoms with Gasteiger partial charge in [0.2, 0.25) is 6.10 Å². The van der Waals surface area contributed by atoms with Crippen LogP contribution in [0, 0.1) is 0 Å². The fourth-order valence-corrected chi connectivity index (χ4v) is 2.22. The van der Waals surface area contributed by atoms with Crippen LogP contribution in [-0.4, -0.2) is 19.0 Å². The quantitative estimate of drug-likeness (QED) is 0.569. The first kappa shape index (κ1) is 18.3. The summed E-state index contributed by atoms with van der Waals surface area (Å²) in [5, 5.41) is 0. The summed E-state index contributed by atoms with van der Waals surface area (Å²) in [6.07, 6.45) is -0.907. The molecule has 5 heteroatoms. The van der Waals surface area contributed by atoms with Gasteiger partial charge in [0.25, 0.3) is 0 Å². The number of ether oxygens (including phenoxy) is 3. The minimum absolute atomic E-state index is 0.162. The average Bonchev–Trinajstić information content (AvgIpc) is 2.64. The van der Waals surface area contributed by atoms with E-state index in [1.807, 2.05) is 24.3 Å². The fourth-order valence-electron chi connectivity index (χ4n) is 2.22. The van der Waals surface area contributed by atoms with E-state index in [0.717, 1.165) is 5.56 Å². The largest absolute Gasteiger partial charge is 0.474 e. The summed E-state index contributed by atoms with van der Waals surface area (Å²) in [5.74, 6) is -0.539. The molecule has 2 aromatic rings. The Labute approximate surface area is 146 Å². The van der Waals surface area contributed by atoms with Crippen LogP contribution in [0.5, 0.6) is 0 Å². The molecule has 0 radical (unpaired) electrons. The lowest BCUT2D eigenvalue weighted by atomic mass is 10.1. The predicted octanol–water partition coefficient (Wildman–Crippen LogP) is 3.65. The molecule has 130 valence electrons. The van der Waals surface area contributed by atoms with Crippen molar-refractivity contribution in [3.05, 3.63) is 77.9 Å². The Balaban J connectivity index is 2.17. The maximum atomic E-state index is 12.1. The Bertz CT molecular complexity index is 752. The standard InChI is InChI=1S/C20H20O5/c1-14(18-11-7-8-16(12-18)13-24-15(2)21)25-19(20(22)23-3)17-9-5-4-6-10-17/h4-12,19H,1,13H2,2-3H3. The van der Waals surface area contributed by atoms with Crippen LogP contribution in [0.15, 0.2) is 61.2 Å². The number of hydrogen-bond acceptors (Lipinski definition) is 5. The van der Waals surface area contributed by atoms with Gasteiger partial charge in [0.15, 0.2) is 0 Å². The number of rotatable bonds is 7. The number of esters is 2. The molecule has 0 saturated heterocycles. The third kappa shape index (κ3) is 5.21. The molecule has 2 aromatic carbocycles. The van der Waals surface area contributed by atoms with E-state index in [-0.39, 0.29) is 12.6 Å². The van der Waals surface area contributed by atoms with E-state index < -0.39 is 12.1 Å². The summed E-state index contributed by atoms with van der Waals surface area (Å²) < 4.78 is 15.6. The molecule has 0 aliphatic rings. The number of carbonyl (C=O) groups excluding carboxylic acids is 2. The van der Waals surface area contributed by atoms with Crippen LogP contribution in [0.1, 0.15) is 29.7 Å². The summed E-state index contributed by atoms with van der Waals surface area (Å²) >= 11 is 0. The van der Waals surface area contributed by atoms with Crippen molar-refractivity contribution in [2.24, 2.45) is 0 Å².